The van der Waals surface area contributed by atoms with E-state index in [1.165, 1.54) is 4.90 Å². The van der Waals surface area contributed by atoms with Crippen LogP contribution in [0.5, 0.6) is 11.5 Å². The number of rotatable bonds is 4. The average Bonchev–Trinajstić information content (AvgIpc) is 2.89. The van der Waals surface area contributed by atoms with Gasteiger partial charge in [-0.15, -0.1) is 0 Å². The molecule has 0 saturated carbocycles. The fraction of sp³-hybridized carbons (Fsp3) is 0.467. The van der Waals surface area contributed by atoms with Gasteiger partial charge in [0.05, 0.1) is 6.54 Å². The van der Waals surface area contributed by atoms with Crippen LogP contribution >= 0.6 is 0 Å². The van der Waals surface area contributed by atoms with Crippen molar-refractivity contribution in [2.45, 2.75) is 26.4 Å². The Labute approximate surface area is 128 Å². The Kier molecular flexibility index (Phi) is 4.56. The van der Waals surface area contributed by atoms with Crippen LogP contribution in [0, 0.1) is 0 Å². The Bertz CT molecular complexity index is 580. The largest absolute Gasteiger partial charge is 0.459 e. The summed E-state index contributed by atoms with van der Waals surface area (Å²) in [4.78, 5) is 25.3. The summed E-state index contributed by atoms with van der Waals surface area (Å²) in [6.45, 7) is 5.00. The number of nitrogens with two attached hydrogens (primary N) is 1. The standard InChI is InChI=1S/C15H20N2O5/c1-15(2,3)22-14(19)8-17(13(18)7-16)10-4-5-11-12(6-10)21-9-20-11/h4-6H,7-9,16H2,1-3H3. The highest BCUT2D eigenvalue weighted by molar-refractivity contribution is 5.99. The summed E-state index contributed by atoms with van der Waals surface area (Å²) < 4.78 is 15.8. The molecular formula is C15H20N2O5. The van der Waals surface area contributed by atoms with E-state index in [2.05, 4.69) is 0 Å². The molecule has 22 heavy (non-hydrogen) atoms. The van der Waals surface area contributed by atoms with Crippen molar-refractivity contribution in [1.29, 1.82) is 0 Å². The first kappa shape index (κ1) is 16.1. The first-order chi connectivity index (χ1) is 10.3. The molecule has 0 atom stereocenters. The molecule has 7 heteroatoms. The van der Waals surface area contributed by atoms with Gasteiger partial charge in [0.2, 0.25) is 12.7 Å². The fourth-order valence-corrected chi connectivity index (χ4v) is 1.99. The van der Waals surface area contributed by atoms with Crippen LogP contribution in [-0.4, -0.2) is 37.4 Å². The zero-order valence-electron chi connectivity index (χ0n) is 12.9. The minimum atomic E-state index is -0.622. The highest BCUT2D eigenvalue weighted by Crippen LogP contribution is 2.35. The van der Waals surface area contributed by atoms with Crippen molar-refractivity contribution in [1.82, 2.24) is 0 Å². The minimum absolute atomic E-state index is 0.135. The number of esters is 1. The topological polar surface area (TPSA) is 91.1 Å². The van der Waals surface area contributed by atoms with Gasteiger partial charge in [-0.25, -0.2) is 0 Å². The van der Waals surface area contributed by atoms with Crippen LogP contribution in [0.3, 0.4) is 0 Å². The van der Waals surface area contributed by atoms with Crippen molar-refractivity contribution in [3.05, 3.63) is 18.2 Å². The van der Waals surface area contributed by atoms with E-state index in [1.807, 2.05) is 0 Å². The summed E-state index contributed by atoms with van der Waals surface area (Å²) in [6.07, 6.45) is 0. The third kappa shape index (κ3) is 3.88. The van der Waals surface area contributed by atoms with Crippen LogP contribution in [0.25, 0.3) is 0 Å². The normalized spacial score (nSPS) is 12.9. The van der Waals surface area contributed by atoms with Gasteiger partial charge >= 0.3 is 5.97 Å². The van der Waals surface area contributed by atoms with Gasteiger partial charge in [-0.05, 0) is 32.9 Å². The van der Waals surface area contributed by atoms with Gasteiger partial charge in [0.25, 0.3) is 0 Å². The molecule has 0 saturated heterocycles. The Morgan fingerprint density at radius 3 is 2.59 bits per heavy atom. The maximum absolute atomic E-state index is 12.0. The number of amides is 1. The number of ether oxygens (including phenoxy) is 3. The van der Waals surface area contributed by atoms with Crippen molar-refractivity contribution in [2.24, 2.45) is 5.73 Å². The van der Waals surface area contributed by atoms with Crippen LogP contribution in [0.15, 0.2) is 18.2 Å². The van der Waals surface area contributed by atoms with Crippen LogP contribution < -0.4 is 20.1 Å². The second-order valence-corrected chi connectivity index (χ2v) is 5.81. The molecule has 0 unspecified atom stereocenters. The molecule has 1 heterocycles. The van der Waals surface area contributed by atoms with E-state index in [0.717, 1.165) is 0 Å². The summed E-state index contributed by atoms with van der Waals surface area (Å²) in [5.74, 6) is 0.231. The summed E-state index contributed by atoms with van der Waals surface area (Å²) in [7, 11) is 0. The lowest BCUT2D eigenvalue weighted by molar-refractivity contribution is -0.153. The smallest absolute Gasteiger partial charge is 0.326 e. The zero-order chi connectivity index (χ0) is 16.3. The number of nitrogens with zero attached hydrogens (tertiary/aromatic N) is 1. The maximum Gasteiger partial charge on any atom is 0.326 e. The molecule has 1 amide bonds. The second kappa shape index (κ2) is 6.23. The fourth-order valence-electron chi connectivity index (χ4n) is 1.99. The van der Waals surface area contributed by atoms with Gasteiger partial charge in [-0.3, -0.25) is 14.5 Å². The molecule has 1 aromatic rings. The van der Waals surface area contributed by atoms with Gasteiger partial charge in [-0.1, -0.05) is 0 Å². The number of hydrogen-bond donors (Lipinski definition) is 1. The summed E-state index contributed by atoms with van der Waals surface area (Å²) in [5.41, 5.74) is 5.31. The van der Waals surface area contributed by atoms with E-state index in [9.17, 15) is 9.59 Å². The highest BCUT2D eigenvalue weighted by Gasteiger charge is 2.24. The van der Waals surface area contributed by atoms with Crippen LogP contribution in [-0.2, 0) is 14.3 Å². The number of hydrogen-bond acceptors (Lipinski definition) is 6. The Morgan fingerprint density at radius 2 is 1.95 bits per heavy atom. The van der Waals surface area contributed by atoms with Gasteiger partial charge < -0.3 is 19.9 Å². The van der Waals surface area contributed by atoms with E-state index >= 15 is 0 Å². The third-order valence-electron chi connectivity index (χ3n) is 2.85. The van der Waals surface area contributed by atoms with E-state index in [0.29, 0.717) is 17.2 Å². The first-order valence-electron chi connectivity index (χ1n) is 6.92. The molecule has 1 aliphatic rings. The van der Waals surface area contributed by atoms with Crippen molar-refractivity contribution in [3.8, 4) is 11.5 Å². The monoisotopic (exact) mass is 308 g/mol. The lowest BCUT2D eigenvalue weighted by Gasteiger charge is -2.25. The highest BCUT2D eigenvalue weighted by atomic mass is 16.7. The maximum atomic E-state index is 12.0. The van der Waals surface area contributed by atoms with E-state index in [-0.39, 0.29) is 25.8 Å². The van der Waals surface area contributed by atoms with Gasteiger partial charge in [-0.2, -0.15) is 0 Å². The number of anilines is 1. The van der Waals surface area contributed by atoms with Crippen molar-refractivity contribution >= 4 is 17.6 Å². The van der Waals surface area contributed by atoms with E-state index in [1.54, 1.807) is 39.0 Å². The SMILES string of the molecule is CC(C)(C)OC(=O)CN(C(=O)CN)c1ccc2c(c1)OCO2. The second-order valence-electron chi connectivity index (χ2n) is 5.81. The molecule has 1 aromatic carbocycles. The Balaban J connectivity index is 2.19. The van der Waals surface area contributed by atoms with Gasteiger partial charge in [0, 0.05) is 11.8 Å². The molecule has 0 radical (unpaired) electrons. The molecule has 2 N–H and O–H groups in total. The van der Waals surface area contributed by atoms with Crippen molar-refractivity contribution in [3.63, 3.8) is 0 Å². The number of carbonyl (C=O) groups excluding carboxylic acids is 2. The first-order valence-corrected chi connectivity index (χ1v) is 6.92. The average molecular weight is 308 g/mol. The summed E-state index contributed by atoms with van der Waals surface area (Å²) in [6, 6.07) is 5.00. The molecule has 2 rings (SSSR count). The Morgan fingerprint density at radius 1 is 1.27 bits per heavy atom. The molecule has 0 aromatic heterocycles. The lowest BCUT2D eigenvalue weighted by Crippen LogP contribution is -2.41. The zero-order valence-corrected chi connectivity index (χ0v) is 12.9. The molecule has 0 fully saturated rings. The summed E-state index contributed by atoms with van der Waals surface area (Å²) >= 11 is 0. The summed E-state index contributed by atoms with van der Waals surface area (Å²) in [5, 5.41) is 0. The Hall–Kier alpha value is -2.28. The molecule has 0 bridgehead atoms. The molecule has 1 aliphatic heterocycles. The van der Waals surface area contributed by atoms with Crippen molar-refractivity contribution in [2.75, 3.05) is 24.8 Å². The molecule has 0 spiro atoms. The van der Waals surface area contributed by atoms with Crippen LogP contribution in [0.1, 0.15) is 20.8 Å². The van der Waals surface area contributed by atoms with Gasteiger partial charge in [0.15, 0.2) is 11.5 Å². The number of carbonyl (C=O) groups is 2. The number of fused-ring (bicyclic) bond motifs is 1. The predicted octanol–water partition coefficient (Wildman–Crippen LogP) is 1.05. The number of benzene rings is 1. The van der Waals surface area contributed by atoms with E-state index < -0.39 is 11.6 Å². The van der Waals surface area contributed by atoms with E-state index in [4.69, 9.17) is 19.9 Å². The molecular weight excluding hydrogens is 288 g/mol. The molecule has 0 aliphatic carbocycles. The van der Waals surface area contributed by atoms with Crippen LogP contribution in [0.2, 0.25) is 0 Å². The lowest BCUT2D eigenvalue weighted by atomic mass is 10.2. The van der Waals surface area contributed by atoms with Gasteiger partial charge in [0.1, 0.15) is 12.1 Å². The van der Waals surface area contributed by atoms with Crippen LogP contribution in [0.4, 0.5) is 5.69 Å². The minimum Gasteiger partial charge on any atom is -0.459 e. The molecule has 120 valence electrons. The predicted molar refractivity (Wildman–Crippen MR) is 79.8 cm³/mol. The quantitative estimate of drug-likeness (QED) is 0.836. The third-order valence-corrected chi connectivity index (χ3v) is 2.85. The van der Waals surface area contributed by atoms with Crippen molar-refractivity contribution < 1.29 is 23.8 Å². The molecule has 7 nitrogen and oxygen atoms in total.